The third-order valence-corrected chi connectivity index (χ3v) is 6.52. The first kappa shape index (κ1) is 17.5. The normalized spacial score (nSPS) is 12.0. The van der Waals surface area contributed by atoms with Crippen LogP contribution in [-0.2, 0) is 10.0 Å². The fraction of sp³-hybridized carbons (Fsp3) is 0.136. The van der Waals surface area contributed by atoms with Crippen molar-refractivity contribution < 1.29 is 8.42 Å². The summed E-state index contributed by atoms with van der Waals surface area (Å²) in [4.78, 5) is 13.4. The summed E-state index contributed by atoms with van der Waals surface area (Å²) in [7, 11) is -4.03. The molecule has 0 saturated heterocycles. The second-order valence-corrected chi connectivity index (χ2v) is 8.74. The van der Waals surface area contributed by atoms with Crippen molar-refractivity contribution in [1.82, 2.24) is 3.97 Å². The van der Waals surface area contributed by atoms with Crippen LogP contribution in [-0.4, -0.2) is 12.4 Å². The Bertz CT molecular complexity index is 1370. The van der Waals surface area contributed by atoms with Gasteiger partial charge in [0.05, 0.1) is 10.4 Å². The maximum absolute atomic E-state index is 13.4. The lowest BCUT2D eigenvalue weighted by Crippen LogP contribution is -2.28. The van der Waals surface area contributed by atoms with E-state index < -0.39 is 15.6 Å². The smallest absolute Gasteiger partial charge is 0.268 e. The van der Waals surface area contributed by atoms with Gasteiger partial charge in [-0.3, -0.25) is 4.79 Å². The Morgan fingerprint density at radius 2 is 1.22 bits per heavy atom. The number of pyridine rings is 1. The number of hydrogen-bond donors (Lipinski definition) is 0. The highest BCUT2D eigenvalue weighted by Gasteiger charge is 2.23. The fourth-order valence-electron chi connectivity index (χ4n) is 3.39. The first-order valence-electron chi connectivity index (χ1n) is 8.67. The maximum Gasteiger partial charge on any atom is 0.272 e. The van der Waals surface area contributed by atoms with Gasteiger partial charge in [-0.2, -0.15) is 3.97 Å². The molecule has 0 aliphatic heterocycles. The predicted octanol–water partition coefficient (Wildman–Crippen LogP) is 4.32. The molecule has 0 saturated carbocycles. The van der Waals surface area contributed by atoms with Crippen LogP contribution in [0.5, 0.6) is 0 Å². The van der Waals surface area contributed by atoms with Crippen molar-refractivity contribution >= 4 is 31.7 Å². The Labute approximate surface area is 157 Å². The lowest BCUT2D eigenvalue weighted by Gasteiger charge is -2.15. The molecule has 0 N–H and O–H groups in total. The molecule has 3 aromatic carbocycles. The zero-order valence-corrected chi connectivity index (χ0v) is 16.2. The average Bonchev–Trinajstić information content (AvgIpc) is 2.62. The van der Waals surface area contributed by atoms with Crippen molar-refractivity contribution in [2.75, 3.05) is 0 Å². The quantitative estimate of drug-likeness (QED) is 0.489. The van der Waals surface area contributed by atoms with Crippen LogP contribution < -0.4 is 5.56 Å². The zero-order chi connectivity index (χ0) is 19.3. The molecule has 4 nitrogen and oxygen atoms in total. The van der Waals surface area contributed by atoms with Crippen LogP contribution in [0, 0.1) is 20.8 Å². The Hall–Kier alpha value is -2.92. The number of aryl methyl sites for hydroxylation is 3. The van der Waals surface area contributed by atoms with Crippen molar-refractivity contribution in [2.24, 2.45) is 0 Å². The molecule has 0 aliphatic rings. The fourth-order valence-corrected chi connectivity index (χ4v) is 4.81. The molecule has 4 aromatic rings. The number of fused-ring (bicyclic) bond motifs is 3. The van der Waals surface area contributed by atoms with Gasteiger partial charge in [-0.25, -0.2) is 8.42 Å². The van der Waals surface area contributed by atoms with Gasteiger partial charge in [0, 0.05) is 10.8 Å². The van der Waals surface area contributed by atoms with Crippen LogP contribution in [0.15, 0.2) is 70.4 Å². The van der Waals surface area contributed by atoms with E-state index in [4.69, 9.17) is 0 Å². The van der Waals surface area contributed by atoms with Crippen LogP contribution in [0.2, 0.25) is 0 Å². The maximum atomic E-state index is 13.4. The number of nitrogens with zero attached hydrogens (tertiary/aromatic N) is 1. The van der Waals surface area contributed by atoms with E-state index in [1.165, 1.54) is 12.1 Å². The second kappa shape index (κ2) is 6.06. The molecule has 0 radical (unpaired) electrons. The predicted molar refractivity (Wildman–Crippen MR) is 109 cm³/mol. The Kier molecular flexibility index (Phi) is 3.93. The average molecular weight is 377 g/mol. The second-order valence-electron chi connectivity index (χ2n) is 6.96. The molecule has 0 unspecified atom stereocenters. The van der Waals surface area contributed by atoms with Gasteiger partial charge in [-0.05, 0) is 56.5 Å². The number of rotatable bonds is 2. The van der Waals surface area contributed by atoms with E-state index in [1.807, 2.05) is 45.0 Å². The van der Waals surface area contributed by atoms with Crippen LogP contribution in [0.1, 0.15) is 16.7 Å². The van der Waals surface area contributed by atoms with Crippen molar-refractivity contribution in [1.29, 1.82) is 0 Å². The van der Waals surface area contributed by atoms with E-state index >= 15 is 0 Å². The summed E-state index contributed by atoms with van der Waals surface area (Å²) in [5, 5.41) is 1.92. The highest BCUT2D eigenvalue weighted by atomic mass is 32.2. The SMILES string of the molecule is Cc1ccc(S(=O)(=O)n2c(=O)c3cc(C)ccc3c3cc(C)ccc32)cc1. The summed E-state index contributed by atoms with van der Waals surface area (Å²) < 4.78 is 27.7. The van der Waals surface area contributed by atoms with Gasteiger partial charge in [0.25, 0.3) is 15.6 Å². The number of hydrogen-bond acceptors (Lipinski definition) is 3. The summed E-state index contributed by atoms with van der Waals surface area (Å²) in [5.41, 5.74) is 2.73. The van der Waals surface area contributed by atoms with Gasteiger partial charge in [-0.15, -0.1) is 0 Å². The highest BCUT2D eigenvalue weighted by Crippen LogP contribution is 2.27. The lowest BCUT2D eigenvalue weighted by atomic mass is 10.0. The van der Waals surface area contributed by atoms with Crippen molar-refractivity contribution in [2.45, 2.75) is 25.7 Å². The third kappa shape index (κ3) is 2.75. The van der Waals surface area contributed by atoms with Gasteiger partial charge in [0.15, 0.2) is 0 Å². The molecule has 5 heteroatoms. The molecule has 0 amide bonds. The van der Waals surface area contributed by atoms with E-state index in [0.717, 1.165) is 31.4 Å². The van der Waals surface area contributed by atoms with Gasteiger partial charge in [0.1, 0.15) is 0 Å². The number of benzene rings is 3. The zero-order valence-electron chi connectivity index (χ0n) is 15.4. The standard InChI is InChI=1S/C22H19NO3S/c1-14-4-8-17(9-5-14)27(25,26)23-21-11-7-16(3)12-19(21)18-10-6-15(2)13-20(18)22(23)24/h4-13H,1-3H3. The van der Waals surface area contributed by atoms with Gasteiger partial charge in [-0.1, -0.05) is 47.0 Å². The summed E-state index contributed by atoms with van der Waals surface area (Å²) in [6.07, 6.45) is 0. The monoisotopic (exact) mass is 377 g/mol. The van der Waals surface area contributed by atoms with Crippen LogP contribution in [0.4, 0.5) is 0 Å². The molecular formula is C22H19NO3S. The van der Waals surface area contributed by atoms with E-state index in [2.05, 4.69) is 0 Å². The molecule has 0 spiro atoms. The van der Waals surface area contributed by atoms with E-state index in [0.29, 0.717) is 10.9 Å². The summed E-state index contributed by atoms with van der Waals surface area (Å²) >= 11 is 0. The molecule has 136 valence electrons. The Balaban J connectivity index is 2.21. The molecule has 4 rings (SSSR count). The third-order valence-electron chi connectivity index (χ3n) is 4.81. The van der Waals surface area contributed by atoms with Crippen molar-refractivity contribution in [3.8, 4) is 0 Å². The summed E-state index contributed by atoms with van der Waals surface area (Å²) in [6.45, 7) is 5.72. The van der Waals surface area contributed by atoms with Gasteiger partial charge >= 0.3 is 0 Å². The van der Waals surface area contributed by atoms with E-state index in [-0.39, 0.29) is 4.90 Å². The number of aromatic nitrogens is 1. The largest absolute Gasteiger partial charge is 0.272 e. The molecule has 0 bridgehead atoms. The molecule has 27 heavy (non-hydrogen) atoms. The van der Waals surface area contributed by atoms with Crippen LogP contribution in [0.25, 0.3) is 21.7 Å². The Morgan fingerprint density at radius 3 is 1.89 bits per heavy atom. The molecule has 1 heterocycles. The molecule has 1 aromatic heterocycles. The van der Waals surface area contributed by atoms with E-state index in [9.17, 15) is 13.2 Å². The van der Waals surface area contributed by atoms with Gasteiger partial charge in [0.2, 0.25) is 0 Å². The Morgan fingerprint density at radius 1 is 0.667 bits per heavy atom. The molecule has 0 atom stereocenters. The minimum absolute atomic E-state index is 0.101. The summed E-state index contributed by atoms with van der Waals surface area (Å²) in [6, 6.07) is 17.6. The van der Waals surface area contributed by atoms with Crippen molar-refractivity contribution in [3.63, 3.8) is 0 Å². The van der Waals surface area contributed by atoms with Gasteiger partial charge < -0.3 is 0 Å². The lowest BCUT2D eigenvalue weighted by molar-refractivity contribution is 0.587. The van der Waals surface area contributed by atoms with E-state index in [1.54, 1.807) is 24.3 Å². The topological polar surface area (TPSA) is 56.1 Å². The van der Waals surface area contributed by atoms with Crippen LogP contribution in [0.3, 0.4) is 0 Å². The first-order chi connectivity index (χ1) is 12.8. The van der Waals surface area contributed by atoms with Crippen LogP contribution >= 0.6 is 0 Å². The summed E-state index contributed by atoms with van der Waals surface area (Å²) in [5.74, 6) is 0. The minimum atomic E-state index is -4.03. The molecule has 0 aliphatic carbocycles. The molecular weight excluding hydrogens is 358 g/mol. The highest BCUT2D eigenvalue weighted by molar-refractivity contribution is 7.90. The first-order valence-corrected chi connectivity index (χ1v) is 10.1. The van der Waals surface area contributed by atoms with Crippen molar-refractivity contribution in [3.05, 3.63) is 87.7 Å². The minimum Gasteiger partial charge on any atom is -0.268 e. The molecule has 0 fully saturated rings.